The van der Waals surface area contributed by atoms with E-state index in [0.717, 1.165) is 81.4 Å². The third-order valence-electron chi connectivity index (χ3n) is 9.99. The van der Waals surface area contributed by atoms with Crippen LogP contribution in [-0.2, 0) is 13.1 Å². The predicted octanol–water partition coefficient (Wildman–Crippen LogP) is 12.8. The lowest BCUT2D eigenvalue weighted by Gasteiger charge is -2.26. The maximum atomic E-state index is 14.9. The molecule has 52 heavy (non-hydrogen) atoms. The lowest BCUT2D eigenvalue weighted by molar-refractivity contribution is 0.580. The van der Waals surface area contributed by atoms with Gasteiger partial charge in [0.25, 0.3) is 0 Å². The summed E-state index contributed by atoms with van der Waals surface area (Å²) in [5.74, 6) is -1.14. The fraction of sp³-hybridized carbons (Fsp3) is 0.0667. The molecule has 7 aromatic carbocycles. The molecule has 0 N–H and O–H groups in total. The van der Waals surface area contributed by atoms with Gasteiger partial charge in [-0.1, -0.05) is 54.1 Å². The molecular weight excluding hydrogens is 766 g/mol. The van der Waals surface area contributed by atoms with Gasteiger partial charge in [0.1, 0.15) is 17.5 Å². The van der Waals surface area contributed by atoms with Gasteiger partial charge >= 0.3 is 0 Å². The molecule has 2 heterocycles. The highest BCUT2D eigenvalue weighted by molar-refractivity contribution is 14.1. The minimum atomic E-state index is -0.461. The Bertz CT molecular complexity index is 2650. The minimum absolute atomic E-state index is 0.198. The molecule has 0 saturated carbocycles. The number of nitrogens with zero attached hydrogens (tertiary/aromatic N) is 3. The zero-order chi connectivity index (χ0) is 35.5. The summed E-state index contributed by atoms with van der Waals surface area (Å²) >= 11 is 2.28. The molecule has 7 heteroatoms. The summed E-state index contributed by atoms with van der Waals surface area (Å²) in [5, 5.41) is 4.28. The third kappa shape index (κ3) is 5.60. The van der Waals surface area contributed by atoms with Gasteiger partial charge in [0.2, 0.25) is 0 Å². The highest BCUT2D eigenvalue weighted by Crippen LogP contribution is 2.41. The van der Waals surface area contributed by atoms with Crippen molar-refractivity contribution in [1.29, 1.82) is 0 Å². The normalized spacial score (nSPS) is 11.7. The maximum Gasteiger partial charge on any atom is 0.128 e. The van der Waals surface area contributed by atoms with Gasteiger partial charge in [0.15, 0.2) is 0 Å². The topological polar surface area (TPSA) is 13.1 Å². The Morgan fingerprint density at radius 2 is 0.962 bits per heavy atom. The van der Waals surface area contributed by atoms with Crippen LogP contribution in [0.1, 0.15) is 16.7 Å². The average molecular weight is 798 g/mol. The van der Waals surface area contributed by atoms with Crippen molar-refractivity contribution in [3.8, 4) is 0 Å². The highest BCUT2D eigenvalue weighted by Gasteiger charge is 2.20. The van der Waals surface area contributed by atoms with E-state index in [1.165, 1.54) is 18.2 Å². The lowest BCUT2D eigenvalue weighted by Crippen LogP contribution is -2.10. The molecule has 0 saturated heterocycles. The van der Waals surface area contributed by atoms with Crippen LogP contribution in [0.15, 0.2) is 146 Å². The number of aromatic nitrogens is 2. The van der Waals surface area contributed by atoms with E-state index in [1.807, 2.05) is 30.3 Å². The van der Waals surface area contributed by atoms with E-state index in [4.69, 9.17) is 0 Å². The van der Waals surface area contributed by atoms with E-state index in [2.05, 4.69) is 128 Å². The van der Waals surface area contributed by atoms with Crippen LogP contribution in [0.2, 0.25) is 0 Å². The first-order valence-corrected chi connectivity index (χ1v) is 18.2. The van der Waals surface area contributed by atoms with E-state index in [9.17, 15) is 13.2 Å². The molecule has 0 unspecified atom stereocenters. The Morgan fingerprint density at radius 3 is 1.56 bits per heavy atom. The zero-order valence-electron chi connectivity index (χ0n) is 28.1. The molecule has 0 fully saturated rings. The highest BCUT2D eigenvalue weighted by atomic mass is 127. The van der Waals surface area contributed by atoms with Crippen molar-refractivity contribution in [1.82, 2.24) is 9.13 Å². The van der Waals surface area contributed by atoms with Crippen LogP contribution in [0.5, 0.6) is 0 Å². The molecular formula is C45H31F3IN3. The van der Waals surface area contributed by atoms with Gasteiger partial charge < -0.3 is 14.0 Å². The van der Waals surface area contributed by atoms with Crippen LogP contribution in [0.25, 0.3) is 43.6 Å². The third-order valence-corrected chi connectivity index (χ3v) is 11.0. The molecule has 2 aromatic heterocycles. The van der Waals surface area contributed by atoms with Crippen LogP contribution in [0, 0.1) is 27.9 Å². The second-order valence-electron chi connectivity index (χ2n) is 13.3. The summed E-state index contributed by atoms with van der Waals surface area (Å²) < 4.78 is 48.8. The van der Waals surface area contributed by atoms with Gasteiger partial charge in [-0.3, -0.25) is 0 Å². The van der Waals surface area contributed by atoms with Gasteiger partial charge in [-0.25, -0.2) is 13.2 Å². The Labute approximate surface area is 312 Å². The first-order chi connectivity index (χ1) is 25.3. The van der Waals surface area contributed by atoms with Gasteiger partial charge in [-0.05, 0) is 132 Å². The molecule has 0 aliphatic rings. The number of anilines is 3. The Kier molecular flexibility index (Phi) is 8.03. The molecule has 0 aliphatic carbocycles. The number of aryl methyl sites for hydroxylation is 1. The largest absolute Gasteiger partial charge is 0.336 e. The number of para-hydroxylation sites is 2. The quantitative estimate of drug-likeness (QED) is 0.146. The van der Waals surface area contributed by atoms with Crippen molar-refractivity contribution in [3.63, 3.8) is 0 Å². The standard InChI is InChI=1S/C45H31F3IN3/c1-28-10-14-33(15-11-28)52(34-16-20-44-38(24-34)36-6-2-4-8-42(36)50(44)26-29-22-31(46)12-18-40(29)48)35-17-21-45-39(25-35)37-7-3-5-9-43(37)51(45)27-30-23-32(47)13-19-41(30)49/h2-25H,26-27H2,1H3. The molecule has 254 valence electrons. The van der Waals surface area contributed by atoms with Gasteiger partial charge in [-0.15, -0.1) is 0 Å². The number of halogens is 4. The Balaban J connectivity index is 1.22. The molecule has 0 radical (unpaired) electrons. The Hall–Kier alpha value is -5.54. The van der Waals surface area contributed by atoms with Gasteiger partial charge in [-0.2, -0.15) is 0 Å². The molecule has 3 nitrogen and oxygen atoms in total. The number of hydrogen-bond acceptors (Lipinski definition) is 1. The SMILES string of the molecule is Cc1ccc(N(c2ccc3c(c2)c2ccccc2n3Cc2cc(F)ccc2F)c2ccc3c(c2)c2ccccc2n3Cc2cc(F)ccc2I)cc1. The molecule has 0 bridgehead atoms. The number of rotatable bonds is 7. The summed E-state index contributed by atoms with van der Waals surface area (Å²) in [6.45, 7) is 2.82. The van der Waals surface area contributed by atoms with Crippen molar-refractivity contribution >= 4 is 83.3 Å². The van der Waals surface area contributed by atoms with Crippen LogP contribution in [-0.4, -0.2) is 9.13 Å². The molecule has 0 atom stereocenters. The number of fused-ring (bicyclic) bond motifs is 6. The molecule has 0 aliphatic heterocycles. The average Bonchev–Trinajstić information content (AvgIpc) is 3.64. The van der Waals surface area contributed by atoms with E-state index in [-0.39, 0.29) is 12.4 Å². The minimum Gasteiger partial charge on any atom is -0.336 e. The second kappa shape index (κ2) is 12.9. The smallest absolute Gasteiger partial charge is 0.128 e. The summed E-state index contributed by atoms with van der Waals surface area (Å²) in [6, 6.07) is 46.4. The lowest BCUT2D eigenvalue weighted by atomic mass is 10.1. The fourth-order valence-corrected chi connectivity index (χ4v) is 8.02. The summed E-state index contributed by atoms with van der Waals surface area (Å²) in [4.78, 5) is 2.26. The maximum absolute atomic E-state index is 14.9. The first-order valence-electron chi connectivity index (χ1n) is 17.1. The molecule has 9 aromatic rings. The summed E-state index contributed by atoms with van der Waals surface area (Å²) in [6.07, 6.45) is 0. The van der Waals surface area contributed by atoms with Crippen molar-refractivity contribution in [2.45, 2.75) is 20.0 Å². The Morgan fingerprint density at radius 1 is 0.481 bits per heavy atom. The van der Waals surface area contributed by atoms with Crippen molar-refractivity contribution in [2.75, 3.05) is 4.90 Å². The van der Waals surface area contributed by atoms with E-state index >= 15 is 0 Å². The van der Waals surface area contributed by atoms with Crippen molar-refractivity contribution in [2.24, 2.45) is 0 Å². The van der Waals surface area contributed by atoms with E-state index in [1.54, 1.807) is 6.07 Å². The van der Waals surface area contributed by atoms with Crippen molar-refractivity contribution in [3.05, 3.63) is 183 Å². The van der Waals surface area contributed by atoms with Crippen LogP contribution >= 0.6 is 22.6 Å². The fourth-order valence-electron chi connectivity index (χ4n) is 7.51. The van der Waals surface area contributed by atoms with Crippen LogP contribution in [0.4, 0.5) is 30.2 Å². The predicted molar refractivity (Wildman–Crippen MR) is 216 cm³/mol. The van der Waals surface area contributed by atoms with Gasteiger partial charge in [0, 0.05) is 76.4 Å². The molecule has 0 spiro atoms. The molecule has 9 rings (SSSR count). The zero-order valence-corrected chi connectivity index (χ0v) is 30.3. The van der Waals surface area contributed by atoms with E-state index in [0.29, 0.717) is 12.1 Å². The van der Waals surface area contributed by atoms with Crippen LogP contribution < -0.4 is 4.90 Å². The summed E-state index contributed by atoms with van der Waals surface area (Å²) in [7, 11) is 0. The monoisotopic (exact) mass is 797 g/mol. The van der Waals surface area contributed by atoms with Gasteiger partial charge in [0.05, 0.1) is 6.54 Å². The van der Waals surface area contributed by atoms with E-state index < -0.39 is 11.6 Å². The first kappa shape index (κ1) is 32.4. The second-order valence-corrected chi connectivity index (χ2v) is 14.4. The summed E-state index contributed by atoms with van der Waals surface area (Å²) in [5.41, 5.74) is 9.39. The number of hydrogen-bond donors (Lipinski definition) is 0. The number of benzene rings is 7. The van der Waals surface area contributed by atoms with Crippen molar-refractivity contribution < 1.29 is 13.2 Å². The molecule has 0 amide bonds. The van der Waals surface area contributed by atoms with Crippen LogP contribution in [0.3, 0.4) is 0 Å².